The van der Waals surface area contributed by atoms with Gasteiger partial charge in [0.05, 0.1) is 0 Å². The third-order valence-electron chi connectivity index (χ3n) is 2.65. The lowest BCUT2D eigenvalue weighted by Crippen LogP contribution is -2.34. The van der Waals surface area contributed by atoms with Crippen LogP contribution in [0.3, 0.4) is 0 Å². The Labute approximate surface area is 116 Å². The maximum absolute atomic E-state index is 11.7. The van der Waals surface area contributed by atoms with Crippen LogP contribution >= 0.6 is 0 Å². The number of anilines is 1. The minimum Gasteiger partial charge on any atom is -0.368 e. The van der Waals surface area contributed by atoms with Gasteiger partial charge >= 0.3 is 0 Å². The molecule has 0 aromatic carbocycles. The number of nitrogens with one attached hydrogen (secondary N) is 1. The van der Waals surface area contributed by atoms with E-state index in [1.165, 1.54) is 6.26 Å². The smallest absolute Gasteiger partial charge is 0.179 e. The molecule has 0 amide bonds. The van der Waals surface area contributed by atoms with Gasteiger partial charge in [-0.2, -0.15) is 0 Å². The minimum atomic E-state index is -3.26. The first-order valence-electron chi connectivity index (χ1n) is 6.15. The maximum Gasteiger partial charge on any atom is 0.179 e. The first-order valence-corrected chi connectivity index (χ1v) is 8.05. The Balaban J connectivity index is 2.85. The number of pyridine rings is 1. The summed E-state index contributed by atoms with van der Waals surface area (Å²) in [6, 6.07) is 3.20. The molecule has 0 saturated heterocycles. The fourth-order valence-corrected chi connectivity index (χ4v) is 2.86. The molecule has 6 heteroatoms. The van der Waals surface area contributed by atoms with Gasteiger partial charge in [-0.1, -0.05) is 13.8 Å². The van der Waals surface area contributed by atoms with E-state index >= 15 is 0 Å². The average Bonchev–Trinajstić information content (AvgIpc) is 2.24. The van der Waals surface area contributed by atoms with Crippen molar-refractivity contribution in [1.29, 1.82) is 0 Å². The normalized spacial score (nSPS) is 12.7. The summed E-state index contributed by atoms with van der Waals surface area (Å²) in [5.41, 5.74) is 0.0236. The summed E-state index contributed by atoms with van der Waals surface area (Å²) in [5.74, 6) is 0.428. The Morgan fingerprint density at radius 1 is 1.37 bits per heavy atom. The SMILES string of the molecule is CN(C)CC(C)(C)CNc1ncccc1S(C)(=O)=O. The zero-order valence-corrected chi connectivity index (χ0v) is 13.1. The van der Waals surface area contributed by atoms with E-state index in [1.807, 2.05) is 14.1 Å². The number of sulfone groups is 1. The van der Waals surface area contributed by atoms with Crippen LogP contribution in [0.25, 0.3) is 0 Å². The zero-order chi connectivity index (χ0) is 14.7. The van der Waals surface area contributed by atoms with Crippen molar-refractivity contribution in [2.45, 2.75) is 18.7 Å². The van der Waals surface area contributed by atoms with Gasteiger partial charge in [0.15, 0.2) is 9.84 Å². The first kappa shape index (κ1) is 15.9. The second-order valence-corrected chi connectivity index (χ2v) is 7.86. The molecular formula is C13H23N3O2S. The van der Waals surface area contributed by atoms with Crippen molar-refractivity contribution >= 4 is 15.7 Å². The fourth-order valence-electron chi connectivity index (χ4n) is 2.06. The first-order chi connectivity index (χ1) is 8.62. The van der Waals surface area contributed by atoms with E-state index in [1.54, 1.807) is 18.3 Å². The molecule has 1 rings (SSSR count). The van der Waals surface area contributed by atoms with Gasteiger partial charge in [0.1, 0.15) is 10.7 Å². The van der Waals surface area contributed by atoms with Crippen molar-refractivity contribution in [3.63, 3.8) is 0 Å². The molecule has 0 aliphatic rings. The Hall–Kier alpha value is -1.14. The molecule has 1 aromatic heterocycles. The lowest BCUT2D eigenvalue weighted by molar-refractivity contribution is 0.254. The van der Waals surface area contributed by atoms with Gasteiger partial charge in [-0.05, 0) is 31.6 Å². The van der Waals surface area contributed by atoms with E-state index in [0.717, 1.165) is 6.54 Å². The predicted molar refractivity (Wildman–Crippen MR) is 78.2 cm³/mol. The van der Waals surface area contributed by atoms with Gasteiger partial charge in [-0.3, -0.25) is 0 Å². The molecule has 1 aromatic rings. The molecule has 0 bridgehead atoms. The van der Waals surface area contributed by atoms with Crippen LogP contribution in [0.2, 0.25) is 0 Å². The van der Waals surface area contributed by atoms with Crippen LogP contribution in [0, 0.1) is 5.41 Å². The molecule has 0 unspecified atom stereocenters. The minimum absolute atomic E-state index is 0.0236. The van der Waals surface area contributed by atoms with Gasteiger partial charge in [0, 0.05) is 25.5 Å². The van der Waals surface area contributed by atoms with E-state index < -0.39 is 9.84 Å². The molecule has 0 atom stereocenters. The van der Waals surface area contributed by atoms with Crippen LogP contribution < -0.4 is 5.32 Å². The Bertz CT molecular complexity index is 524. The lowest BCUT2D eigenvalue weighted by Gasteiger charge is -2.28. The lowest BCUT2D eigenvalue weighted by atomic mass is 9.93. The van der Waals surface area contributed by atoms with E-state index in [0.29, 0.717) is 12.4 Å². The molecule has 5 nitrogen and oxygen atoms in total. The van der Waals surface area contributed by atoms with E-state index in [9.17, 15) is 8.42 Å². The van der Waals surface area contributed by atoms with Crippen molar-refractivity contribution in [3.8, 4) is 0 Å². The van der Waals surface area contributed by atoms with Crippen molar-refractivity contribution in [3.05, 3.63) is 18.3 Å². The summed E-state index contributed by atoms with van der Waals surface area (Å²) in [5, 5.41) is 3.15. The molecule has 0 spiro atoms. The number of hydrogen-bond donors (Lipinski definition) is 1. The van der Waals surface area contributed by atoms with Gasteiger partial charge in [0.2, 0.25) is 0 Å². The topological polar surface area (TPSA) is 62.3 Å². The Kier molecular flexibility index (Phi) is 4.92. The molecule has 19 heavy (non-hydrogen) atoms. The van der Waals surface area contributed by atoms with E-state index in [4.69, 9.17) is 0 Å². The maximum atomic E-state index is 11.7. The van der Waals surface area contributed by atoms with Crippen molar-refractivity contribution < 1.29 is 8.42 Å². The third-order valence-corrected chi connectivity index (χ3v) is 3.78. The summed E-state index contributed by atoms with van der Waals surface area (Å²) in [7, 11) is 0.777. The number of nitrogens with zero attached hydrogens (tertiary/aromatic N) is 2. The van der Waals surface area contributed by atoms with E-state index in [-0.39, 0.29) is 10.3 Å². The number of hydrogen-bond acceptors (Lipinski definition) is 5. The average molecular weight is 285 g/mol. The highest BCUT2D eigenvalue weighted by atomic mass is 32.2. The van der Waals surface area contributed by atoms with Crippen LogP contribution in [0.4, 0.5) is 5.82 Å². The summed E-state index contributed by atoms with van der Waals surface area (Å²) in [6.45, 7) is 5.82. The zero-order valence-electron chi connectivity index (χ0n) is 12.3. The van der Waals surface area contributed by atoms with Gasteiger partial charge < -0.3 is 10.2 Å². The van der Waals surface area contributed by atoms with Crippen LogP contribution in [0.5, 0.6) is 0 Å². The largest absolute Gasteiger partial charge is 0.368 e. The molecule has 0 fully saturated rings. The van der Waals surface area contributed by atoms with Crippen molar-refractivity contribution in [2.24, 2.45) is 5.41 Å². The highest BCUT2D eigenvalue weighted by molar-refractivity contribution is 7.90. The summed E-state index contributed by atoms with van der Waals surface area (Å²) < 4.78 is 23.3. The molecule has 108 valence electrons. The van der Waals surface area contributed by atoms with Crippen LogP contribution in [-0.4, -0.2) is 51.7 Å². The standard InChI is InChI=1S/C13H23N3O2S/c1-13(2,10-16(3)4)9-15-12-11(19(5,17)18)7-6-8-14-12/h6-8H,9-10H2,1-5H3,(H,14,15). The molecular weight excluding hydrogens is 262 g/mol. The third kappa shape index (κ3) is 5.16. The molecule has 0 radical (unpaired) electrons. The summed E-state index contributed by atoms with van der Waals surface area (Å²) >= 11 is 0. The quantitative estimate of drug-likeness (QED) is 0.858. The van der Waals surface area contributed by atoms with Gasteiger partial charge in [-0.15, -0.1) is 0 Å². The Morgan fingerprint density at radius 2 is 2.00 bits per heavy atom. The van der Waals surface area contributed by atoms with Gasteiger partial charge in [0.25, 0.3) is 0 Å². The monoisotopic (exact) mass is 285 g/mol. The number of aromatic nitrogens is 1. The van der Waals surface area contributed by atoms with Crippen LogP contribution in [0.1, 0.15) is 13.8 Å². The summed E-state index contributed by atoms with van der Waals surface area (Å²) in [6.07, 6.45) is 2.79. The van der Waals surface area contributed by atoms with Crippen molar-refractivity contribution in [1.82, 2.24) is 9.88 Å². The van der Waals surface area contributed by atoms with Crippen molar-refractivity contribution in [2.75, 3.05) is 38.8 Å². The molecule has 0 aliphatic carbocycles. The second-order valence-electron chi connectivity index (χ2n) is 5.88. The Morgan fingerprint density at radius 3 is 2.53 bits per heavy atom. The molecule has 1 heterocycles. The van der Waals surface area contributed by atoms with Crippen LogP contribution in [0.15, 0.2) is 23.2 Å². The van der Waals surface area contributed by atoms with E-state index in [2.05, 4.69) is 29.0 Å². The number of rotatable bonds is 6. The van der Waals surface area contributed by atoms with Crippen LogP contribution in [-0.2, 0) is 9.84 Å². The molecule has 1 N–H and O–H groups in total. The highest BCUT2D eigenvalue weighted by Crippen LogP contribution is 2.21. The van der Waals surface area contributed by atoms with Gasteiger partial charge in [-0.25, -0.2) is 13.4 Å². The second kappa shape index (κ2) is 5.88. The fraction of sp³-hybridized carbons (Fsp3) is 0.615. The molecule has 0 saturated carbocycles. The summed E-state index contributed by atoms with van der Waals surface area (Å²) in [4.78, 5) is 6.48. The molecule has 0 aliphatic heterocycles. The highest BCUT2D eigenvalue weighted by Gasteiger charge is 2.21. The predicted octanol–water partition coefficient (Wildman–Crippen LogP) is 1.48.